The van der Waals surface area contributed by atoms with Crippen LogP contribution in [-0.4, -0.2) is 29.8 Å². The van der Waals surface area contributed by atoms with Crippen LogP contribution >= 0.6 is 0 Å². The van der Waals surface area contributed by atoms with Gasteiger partial charge in [0.1, 0.15) is 0 Å². The molecule has 0 bridgehead atoms. The first-order valence-electron chi connectivity index (χ1n) is 8.65. The van der Waals surface area contributed by atoms with E-state index in [1.54, 1.807) is 0 Å². The Bertz CT molecular complexity index is 577. The van der Waals surface area contributed by atoms with E-state index in [1.807, 2.05) is 36.4 Å². The number of hydrogen-bond acceptors (Lipinski definition) is 2. The molecule has 1 aliphatic rings. The largest absolute Gasteiger partial charge is 0.297 e. The van der Waals surface area contributed by atoms with Crippen molar-refractivity contribution >= 4 is 5.78 Å². The van der Waals surface area contributed by atoms with E-state index in [0.717, 1.165) is 24.2 Å². The molecule has 0 amide bonds. The Hall–Kier alpha value is -1.93. The molecule has 1 fully saturated rings. The number of nitrogens with zero attached hydrogens (tertiary/aromatic N) is 1. The summed E-state index contributed by atoms with van der Waals surface area (Å²) in [6.07, 6.45) is 3.70. The van der Waals surface area contributed by atoms with Crippen LogP contribution in [0.15, 0.2) is 60.7 Å². The number of carbonyl (C=O) groups excluding carboxylic acids is 1. The predicted molar refractivity (Wildman–Crippen MR) is 94.6 cm³/mol. The second-order valence-electron chi connectivity index (χ2n) is 6.43. The maximum atomic E-state index is 13.3. The lowest BCUT2D eigenvalue weighted by Crippen LogP contribution is -2.44. The van der Waals surface area contributed by atoms with Crippen LogP contribution in [0.2, 0.25) is 0 Å². The zero-order valence-corrected chi connectivity index (χ0v) is 13.8. The predicted octanol–water partition coefficient (Wildman–Crippen LogP) is 4.26. The number of hydrogen-bond donors (Lipinski definition) is 0. The zero-order chi connectivity index (χ0) is 16.1. The molecule has 1 atom stereocenters. The maximum absolute atomic E-state index is 13.3. The Morgan fingerprint density at radius 2 is 1.30 bits per heavy atom. The quantitative estimate of drug-likeness (QED) is 0.822. The topological polar surface area (TPSA) is 20.3 Å². The molecule has 1 aliphatic heterocycles. The van der Waals surface area contributed by atoms with Crippen LogP contribution in [0.5, 0.6) is 0 Å². The summed E-state index contributed by atoms with van der Waals surface area (Å²) in [5, 5.41) is 0. The molecular formula is C21H25NO. The average molecular weight is 307 g/mol. The molecule has 3 rings (SSSR count). The van der Waals surface area contributed by atoms with Crippen molar-refractivity contribution < 1.29 is 4.79 Å². The van der Waals surface area contributed by atoms with Gasteiger partial charge in [0.25, 0.3) is 0 Å². The molecule has 2 heteroatoms. The minimum absolute atomic E-state index is 0.0271. The van der Waals surface area contributed by atoms with Crippen molar-refractivity contribution in [1.29, 1.82) is 0 Å². The highest BCUT2D eigenvalue weighted by atomic mass is 16.1. The van der Waals surface area contributed by atoms with Crippen molar-refractivity contribution in [2.45, 2.75) is 38.1 Å². The molecule has 2 nitrogen and oxygen atoms in total. The first-order valence-corrected chi connectivity index (χ1v) is 8.65. The summed E-state index contributed by atoms with van der Waals surface area (Å²) in [6, 6.07) is 20.3. The van der Waals surface area contributed by atoms with Crippen LogP contribution in [0.4, 0.5) is 0 Å². The summed E-state index contributed by atoms with van der Waals surface area (Å²) in [4.78, 5) is 15.7. The first-order chi connectivity index (χ1) is 11.3. The molecule has 0 radical (unpaired) electrons. The number of rotatable bonds is 5. The second kappa shape index (κ2) is 7.56. The van der Waals surface area contributed by atoms with Gasteiger partial charge in [-0.05, 0) is 44.0 Å². The molecule has 2 aromatic rings. The third-order valence-corrected chi connectivity index (χ3v) is 4.90. The smallest absolute Gasteiger partial charge is 0.161 e. The highest BCUT2D eigenvalue weighted by molar-refractivity contribution is 5.93. The van der Waals surface area contributed by atoms with Gasteiger partial charge in [-0.2, -0.15) is 0 Å². The van der Waals surface area contributed by atoms with E-state index in [-0.39, 0.29) is 12.0 Å². The van der Waals surface area contributed by atoms with Gasteiger partial charge in [-0.25, -0.2) is 0 Å². The standard InChI is InChI=1S/C21H25NO/c1-17(22-15-9-4-10-16-22)21(23)20(18-11-5-2-6-12-18)19-13-7-3-8-14-19/h2-3,5-8,11-14,17,20H,4,9-10,15-16H2,1H3. The van der Waals surface area contributed by atoms with E-state index >= 15 is 0 Å². The molecule has 1 heterocycles. The fourth-order valence-electron chi connectivity index (χ4n) is 3.54. The van der Waals surface area contributed by atoms with Crippen molar-refractivity contribution in [2.24, 2.45) is 0 Å². The van der Waals surface area contributed by atoms with E-state index in [4.69, 9.17) is 0 Å². The number of benzene rings is 2. The summed E-state index contributed by atoms with van der Waals surface area (Å²) in [7, 11) is 0. The van der Waals surface area contributed by atoms with Crippen LogP contribution in [-0.2, 0) is 4.79 Å². The van der Waals surface area contributed by atoms with Crippen molar-refractivity contribution in [3.63, 3.8) is 0 Å². The van der Waals surface area contributed by atoms with Gasteiger partial charge in [-0.3, -0.25) is 9.69 Å². The van der Waals surface area contributed by atoms with Gasteiger partial charge >= 0.3 is 0 Å². The van der Waals surface area contributed by atoms with Crippen molar-refractivity contribution in [1.82, 2.24) is 4.90 Å². The summed E-state index contributed by atoms with van der Waals surface area (Å²) in [5.74, 6) is 0.138. The Labute approximate surface area is 139 Å². The lowest BCUT2D eigenvalue weighted by atomic mass is 9.84. The molecular weight excluding hydrogens is 282 g/mol. The highest BCUT2D eigenvalue weighted by Gasteiger charge is 2.30. The zero-order valence-electron chi connectivity index (χ0n) is 13.8. The lowest BCUT2D eigenvalue weighted by molar-refractivity contribution is -0.124. The normalized spacial score (nSPS) is 17.1. The Kier molecular flexibility index (Phi) is 5.24. The molecule has 0 aliphatic carbocycles. The molecule has 0 saturated carbocycles. The molecule has 0 aromatic heterocycles. The summed E-state index contributed by atoms with van der Waals surface area (Å²) < 4.78 is 0. The minimum atomic E-state index is -0.172. The monoisotopic (exact) mass is 307 g/mol. The fourth-order valence-corrected chi connectivity index (χ4v) is 3.54. The Morgan fingerprint density at radius 3 is 1.78 bits per heavy atom. The Morgan fingerprint density at radius 1 is 0.826 bits per heavy atom. The number of likely N-dealkylation sites (tertiary alicyclic amines) is 1. The lowest BCUT2D eigenvalue weighted by Gasteiger charge is -2.33. The Balaban J connectivity index is 1.90. The molecule has 1 unspecified atom stereocenters. The number of Topliss-reactive ketones (excluding diaryl/α,β-unsaturated/α-hetero) is 1. The van der Waals surface area contributed by atoms with Crippen molar-refractivity contribution in [3.05, 3.63) is 71.8 Å². The fraction of sp³-hybridized carbons (Fsp3) is 0.381. The molecule has 1 saturated heterocycles. The summed E-state index contributed by atoms with van der Waals surface area (Å²) >= 11 is 0. The van der Waals surface area contributed by atoms with Gasteiger partial charge in [0.15, 0.2) is 5.78 Å². The van der Waals surface area contributed by atoms with Crippen molar-refractivity contribution in [3.8, 4) is 0 Å². The van der Waals surface area contributed by atoms with Gasteiger partial charge in [0.2, 0.25) is 0 Å². The maximum Gasteiger partial charge on any atom is 0.161 e. The van der Waals surface area contributed by atoms with E-state index in [1.165, 1.54) is 19.3 Å². The number of carbonyl (C=O) groups is 1. The van der Waals surface area contributed by atoms with Crippen LogP contribution < -0.4 is 0 Å². The van der Waals surface area contributed by atoms with Gasteiger partial charge in [0, 0.05) is 0 Å². The number of piperidine rings is 1. The van der Waals surface area contributed by atoms with Crippen LogP contribution in [0, 0.1) is 0 Å². The van der Waals surface area contributed by atoms with Gasteiger partial charge < -0.3 is 0 Å². The summed E-state index contributed by atoms with van der Waals surface area (Å²) in [6.45, 7) is 4.17. The third-order valence-electron chi connectivity index (χ3n) is 4.90. The van der Waals surface area contributed by atoms with E-state index in [2.05, 4.69) is 36.1 Å². The summed E-state index contributed by atoms with van der Waals surface area (Å²) in [5.41, 5.74) is 2.18. The first kappa shape index (κ1) is 15.9. The van der Waals surface area contributed by atoms with E-state index in [9.17, 15) is 4.79 Å². The van der Waals surface area contributed by atoms with Crippen molar-refractivity contribution in [2.75, 3.05) is 13.1 Å². The van der Waals surface area contributed by atoms with Gasteiger partial charge in [0.05, 0.1) is 12.0 Å². The molecule has 120 valence electrons. The molecule has 23 heavy (non-hydrogen) atoms. The van der Waals surface area contributed by atoms with Crippen LogP contribution in [0.1, 0.15) is 43.2 Å². The average Bonchev–Trinajstić information content (AvgIpc) is 2.64. The van der Waals surface area contributed by atoms with E-state index in [0.29, 0.717) is 5.78 Å². The minimum Gasteiger partial charge on any atom is -0.297 e. The molecule has 0 N–H and O–H groups in total. The highest BCUT2D eigenvalue weighted by Crippen LogP contribution is 2.28. The molecule has 2 aromatic carbocycles. The van der Waals surface area contributed by atoms with Gasteiger partial charge in [-0.1, -0.05) is 67.1 Å². The van der Waals surface area contributed by atoms with Crippen LogP contribution in [0.3, 0.4) is 0 Å². The SMILES string of the molecule is CC(C(=O)C(c1ccccc1)c1ccccc1)N1CCCCC1. The third kappa shape index (κ3) is 3.70. The van der Waals surface area contributed by atoms with Crippen LogP contribution in [0.25, 0.3) is 0 Å². The van der Waals surface area contributed by atoms with Gasteiger partial charge in [-0.15, -0.1) is 0 Å². The van der Waals surface area contributed by atoms with E-state index < -0.39 is 0 Å². The number of ketones is 1. The second-order valence-corrected chi connectivity index (χ2v) is 6.43. The molecule has 0 spiro atoms.